The van der Waals surface area contributed by atoms with Crippen molar-refractivity contribution in [3.8, 4) is 0 Å². The maximum atomic E-state index is 5.80. The standard InChI is InChI=1S/C14H21N3/c15-10-12-14(6-3-8-16-12)17-9-7-11-4-1-2-5-13(11)17/h3,6,8,11,13H,1-2,4-5,7,9-10,15H2. The van der Waals surface area contributed by atoms with Gasteiger partial charge in [-0.15, -0.1) is 0 Å². The van der Waals surface area contributed by atoms with Crippen LogP contribution in [0.5, 0.6) is 0 Å². The fourth-order valence-corrected chi connectivity index (χ4v) is 3.55. The molecule has 2 fully saturated rings. The maximum absolute atomic E-state index is 5.80. The number of nitrogens with zero attached hydrogens (tertiary/aromatic N) is 2. The molecule has 17 heavy (non-hydrogen) atoms. The van der Waals surface area contributed by atoms with Crippen LogP contribution in [-0.2, 0) is 6.54 Å². The molecule has 2 atom stereocenters. The third kappa shape index (κ3) is 1.93. The Kier molecular flexibility index (Phi) is 3.02. The lowest BCUT2D eigenvalue weighted by atomic mass is 9.85. The van der Waals surface area contributed by atoms with Crippen LogP contribution in [-0.4, -0.2) is 17.6 Å². The molecule has 0 amide bonds. The van der Waals surface area contributed by atoms with E-state index >= 15 is 0 Å². The van der Waals surface area contributed by atoms with Gasteiger partial charge in [0.1, 0.15) is 0 Å². The van der Waals surface area contributed by atoms with Gasteiger partial charge in [0.25, 0.3) is 0 Å². The molecule has 1 saturated heterocycles. The molecule has 3 rings (SSSR count). The van der Waals surface area contributed by atoms with Crippen LogP contribution in [0.2, 0.25) is 0 Å². The largest absolute Gasteiger partial charge is 0.367 e. The van der Waals surface area contributed by atoms with Gasteiger partial charge < -0.3 is 10.6 Å². The lowest BCUT2D eigenvalue weighted by Crippen LogP contribution is -2.35. The van der Waals surface area contributed by atoms with Crippen molar-refractivity contribution in [2.75, 3.05) is 11.4 Å². The zero-order valence-electron chi connectivity index (χ0n) is 10.3. The van der Waals surface area contributed by atoms with Crippen LogP contribution < -0.4 is 10.6 Å². The van der Waals surface area contributed by atoms with E-state index in [1.165, 1.54) is 44.3 Å². The number of aromatic nitrogens is 1. The fraction of sp³-hybridized carbons (Fsp3) is 0.643. The van der Waals surface area contributed by atoms with E-state index in [4.69, 9.17) is 5.73 Å². The van der Waals surface area contributed by atoms with Crippen LogP contribution >= 0.6 is 0 Å². The zero-order chi connectivity index (χ0) is 11.7. The van der Waals surface area contributed by atoms with Crippen LogP contribution in [0.4, 0.5) is 5.69 Å². The average molecular weight is 231 g/mol. The lowest BCUT2D eigenvalue weighted by molar-refractivity contribution is 0.342. The number of hydrogen-bond acceptors (Lipinski definition) is 3. The Balaban J connectivity index is 1.88. The van der Waals surface area contributed by atoms with E-state index in [2.05, 4.69) is 16.0 Å². The van der Waals surface area contributed by atoms with Crippen molar-refractivity contribution in [1.82, 2.24) is 4.98 Å². The molecule has 1 aromatic rings. The SMILES string of the molecule is NCc1ncccc1N1CCC2CCCCC21. The van der Waals surface area contributed by atoms with Crippen LogP contribution in [0.3, 0.4) is 0 Å². The molecule has 2 heterocycles. The van der Waals surface area contributed by atoms with Crippen molar-refractivity contribution >= 4 is 5.69 Å². The number of rotatable bonds is 2. The second kappa shape index (κ2) is 4.65. The highest BCUT2D eigenvalue weighted by Crippen LogP contribution is 2.39. The Hall–Kier alpha value is -1.09. The number of pyridine rings is 1. The predicted molar refractivity (Wildman–Crippen MR) is 69.8 cm³/mol. The molecule has 3 heteroatoms. The highest BCUT2D eigenvalue weighted by Gasteiger charge is 2.36. The number of fused-ring (bicyclic) bond motifs is 1. The molecular weight excluding hydrogens is 210 g/mol. The summed E-state index contributed by atoms with van der Waals surface area (Å²) in [6.07, 6.45) is 8.77. The highest BCUT2D eigenvalue weighted by atomic mass is 15.2. The number of hydrogen-bond donors (Lipinski definition) is 1. The van der Waals surface area contributed by atoms with Gasteiger partial charge >= 0.3 is 0 Å². The van der Waals surface area contributed by atoms with Gasteiger partial charge in [0.2, 0.25) is 0 Å². The van der Waals surface area contributed by atoms with Crippen LogP contribution in [0.15, 0.2) is 18.3 Å². The monoisotopic (exact) mass is 231 g/mol. The molecular formula is C14H21N3. The van der Waals surface area contributed by atoms with Gasteiger partial charge in [-0.05, 0) is 37.3 Å². The molecule has 1 aromatic heterocycles. The summed E-state index contributed by atoms with van der Waals surface area (Å²) in [5, 5.41) is 0. The molecule has 92 valence electrons. The first-order valence-electron chi connectivity index (χ1n) is 6.81. The Morgan fingerprint density at radius 2 is 2.18 bits per heavy atom. The van der Waals surface area contributed by atoms with Gasteiger partial charge in [-0.1, -0.05) is 12.8 Å². The van der Waals surface area contributed by atoms with Crippen LogP contribution in [0, 0.1) is 5.92 Å². The Morgan fingerprint density at radius 3 is 3.06 bits per heavy atom. The van der Waals surface area contributed by atoms with E-state index in [0.29, 0.717) is 6.54 Å². The second-order valence-corrected chi connectivity index (χ2v) is 5.27. The van der Waals surface area contributed by atoms with Gasteiger partial charge in [0.05, 0.1) is 11.4 Å². The topological polar surface area (TPSA) is 42.1 Å². The van der Waals surface area contributed by atoms with Gasteiger partial charge in [-0.3, -0.25) is 4.98 Å². The molecule has 0 aromatic carbocycles. The minimum atomic E-state index is 0.546. The van der Waals surface area contributed by atoms with Gasteiger partial charge in [0.15, 0.2) is 0 Å². The van der Waals surface area contributed by atoms with E-state index in [-0.39, 0.29) is 0 Å². The zero-order valence-corrected chi connectivity index (χ0v) is 10.3. The van der Waals surface area contributed by atoms with E-state index < -0.39 is 0 Å². The average Bonchev–Trinajstić information content (AvgIpc) is 2.82. The summed E-state index contributed by atoms with van der Waals surface area (Å²) in [7, 11) is 0. The van der Waals surface area contributed by atoms with E-state index in [1.807, 2.05) is 12.3 Å². The Labute approximate surface area is 103 Å². The maximum Gasteiger partial charge on any atom is 0.0772 e. The first-order chi connectivity index (χ1) is 8.40. The lowest BCUT2D eigenvalue weighted by Gasteiger charge is -2.33. The van der Waals surface area contributed by atoms with E-state index in [9.17, 15) is 0 Å². The minimum absolute atomic E-state index is 0.546. The molecule has 1 saturated carbocycles. The molecule has 3 nitrogen and oxygen atoms in total. The van der Waals surface area contributed by atoms with Crippen molar-refractivity contribution in [3.63, 3.8) is 0 Å². The third-order valence-electron chi connectivity index (χ3n) is 4.38. The molecule has 1 aliphatic heterocycles. The summed E-state index contributed by atoms with van der Waals surface area (Å²) < 4.78 is 0. The van der Waals surface area contributed by atoms with Crippen molar-refractivity contribution in [2.24, 2.45) is 11.7 Å². The first-order valence-corrected chi connectivity index (χ1v) is 6.81. The fourth-order valence-electron chi connectivity index (χ4n) is 3.55. The molecule has 2 N–H and O–H groups in total. The van der Waals surface area contributed by atoms with Crippen molar-refractivity contribution in [1.29, 1.82) is 0 Å². The summed E-state index contributed by atoms with van der Waals surface area (Å²) >= 11 is 0. The molecule has 2 unspecified atom stereocenters. The first kappa shape index (κ1) is 11.0. The van der Waals surface area contributed by atoms with Crippen LogP contribution in [0.25, 0.3) is 0 Å². The van der Waals surface area contributed by atoms with Crippen molar-refractivity contribution < 1.29 is 0 Å². The highest BCUT2D eigenvalue weighted by molar-refractivity contribution is 5.52. The number of nitrogens with two attached hydrogens (primary N) is 1. The normalized spacial score (nSPS) is 28.2. The summed E-state index contributed by atoms with van der Waals surface area (Å²) in [5.41, 5.74) is 8.13. The predicted octanol–water partition coefficient (Wildman–Crippen LogP) is 2.31. The summed E-state index contributed by atoms with van der Waals surface area (Å²) in [6, 6.07) is 4.97. The molecule has 0 bridgehead atoms. The van der Waals surface area contributed by atoms with E-state index in [1.54, 1.807) is 0 Å². The van der Waals surface area contributed by atoms with Crippen molar-refractivity contribution in [3.05, 3.63) is 24.0 Å². The molecule has 0 spiro atoms. The molecule has 0 radical (unpaired) electrons. The summed E-state index contributed by atoms with van der Waals surface area (Å²) in [6.45, 7) is 1.73. The number of anilines is 1. The van der Waals surface area contributed by atoms with Gasteiger partial charge in [-0.2, -0.15) is 0 Å². The smallest absolute Gasteiger partial charge is 0.0772 e. The third-order valence-corrected chi connectivity index (χ3v) is 4.38. The van der Waals surface area contributed by atoms with E-state index in [0.717, 1.165) is 17.7 Å². The molecule has 1 aliphatic carbocycles. The minimum Gasteiger partial charge on any atom is -0.367 e. The molecule has 2 aliphatic rings. The quantitative estimate of drug-likeness (QED) is 0.849. The summed E-state index contributed by atoms with van der Waals surface area (Å²) in [4.78, 5) is 6.98. The van der Waals surface area contributed by atoms with Crippen molar-refractivity contribution in [2.45, 2.75) is 44.7 Å². The Morgan fingerprint density at radius 1 is 1.29 bits per heavy atom. The second-order valence-electron chi connectivity index (χ2n) is 5.27. The van der Waals surface area contributed by atoms with Gasteiger partial charge in [-0.25, -0.2) is 0 Å². The van der Waals surface area contributed by atoms with Crippen LogP contribution in [0.1, 0.15) is 37.8 Å². The Bertz CT molecular complexity index is 391. The van der Waals surface area contributed by atoms with Gasteiger partial charge in [0, 0.05) is 25.3 Å². The summed E-state index contributed by atoms with van der Waals surface area (Å²) in [5.74, 6) is 0.912.